The minimum atomic E-state index is -0.422. The van der Waals surface area contributed by atoms with Crippen LogP contribution in [0.1, 0.15) is 33.7 Å². The highest BCUT2D eigenvalue weighted by atomic mass is 35.5. The highest BCUT2D eigenvalue weighted by molar-refractivity contribution is 6.42. The molecule has 0 spiro atoms. The molecule has 0 atom stereocenters. The van der Waals surface area contributed by atoms with E-state index in [9.17, 15) is 9.59 Å². The van der Waals surface area contributed by atoms with Gasteiger partial charge in [-0.05, 0) is 37.1 Å². The number of benzene rings is 1. The summed E-state index contributed by atoms with van der Waals surface area (Å²) < 4.78 is 1.47. The average molecular weight is 387 g/mol. The number of amides is 2. The van der Waals surface area contributed by atoms with E-state index in [0.29, 0.717) is 16.3 Å². The van der Waals surface area contributed by atoms with E-state index in [4.69, 9.17) is 34.8 Å². The molecular weight excluding hydrogens is 373 g/mol. The summed E-state index contributed by atoms with van der Waals surface area (Å²) in [5.74, 6) is -0.688. The van der Waals surface area contributed by atoms with Crippen molar-refractivity contribution in [3.63, 3.8) is 0 Å². The molecule has 2 amide bonds. The number of hydrogen-bond donors (Lipinski definition) is 2. The van der Waals surface area contributed by atoms with Crippen molar-refractivity contribution in [2.75, 3.05) is 5.32 Å². The van der Waals surface area contributed by atoms with Gasteiger partial charge >= 0.3 is 0 Å². The third kappa shape index (κ3) is 3.53. The largest absolute Gasteiger partial charge is 0.349 e. The minimum absolute atomic E-state index is 0.200. The fourth-order valence-electron chi connectivity index (χ4n) is 2.25. The third-order valence-electron chi connectivity index (χ3n) is 3.74. The number of nitrogens with one attached hydrogen (secondary N) is 2. The van der Waals surface area contributed by atoms with Gasteiger partial charge in [0.1, 0.15) is 10.8 Å². The molecule has 5 nitrogen and oxygen atoms in total. The van der Waals surface area contributed by atoms with Gasteiger partial charge in [0, 0.05) is 18.1 Å². The second kappa shape index (κ2) is 6.67. The van der Waals surface area contributed by atoms with Crippen molar-refractivity contribution in [1.82, 2.24) is 9.88 Å². The zero-order valence-corrected chi connectivity index (χ0v) is 15.0. The van der Waals surface area contributed by atoms with Crippen molar-refractivity contribution >= 4 is 52.3 Å². The van der Waals surface area contributed by atoms with Crippen LogP contribution in [-0.4, -0.2) is 22.4 Å². The van der Waals surface area contributed by atoms with Crippen LogP contribution in [0, 0.1) is 0 Å². The molecule has 24 heavy (non-hydrogen) atoms. The molecule has 1 aromatic heterocycles. The summed E-state index contributed by atoms with van der Waals surface area (Å²) in [6.45, 7) is 0. The number of anilines is 1. The summed E-state index contributed by atoms with van der Waals surface area (Å²) in [5.41, 5.74) is 0.971. The molecule has 1 aromatic carbocycles. The van der Waals surface area contributed by atoms with Gasteiger partial charge in [-0.25, -0.2) is 0 Å². The van der Waals surface area contributed by atoms with E-state index in [2.05, 4.69) is 10.6 Å². The van der Waals surface area contributed by atoms with E-state index in [-0.39, 0.29) is 27.8 Å². The van der Waals surface area contributed by atoms with Crippen LogP contribution < -0.4 is 10.6 Å². The van der Waals surface area contributed by atoms with Crippen LogP contribution in [0.5, 0.6) is 0 Å². The average Bonchev–Trinajstić information content (AvgIpc) is 3.31. The fraction of sp³-hybridized carbons (Fsp3) is 0.250. The molecular formula is C16H14Cl3N3O2. The van der Waals surface area contributed by atoms with Crippen LogP contribution >= 0.6 is 34.8 Å². The van der Waals surface area contributed by atoms with Gasteiger partial charge in [-0.15, -0.1) is 0 Å². The third-order valence-corrected chi connectivity index (χ3v) is 4.81. The molecule has 0 radical (unpaired) electrons. The summed E-state index contributed by atoms with van der Waals surface area (Å²) in [6, 6.07) is 6.40. The lowest BCUT2D eigenvalue weighted by atomic mass is 10.1. The highest BCUT2D eigenvalue weighted by Crippen LogP contribution is 2.27. The SMILES string of the molecule is Cn1c(C(=O)Nc2ccc(Cl)cc2C(=O)NC2CC2)cc(Cl)c1Cl. The van der Waals surface area contributed by atoms with Gasteiger partial charge in [0.05, 0.1) is 16.3 Å². The summed E-state index contributed by atoms with van der Waals surface area (Å²) in [5, 5.41) is 6.56. The lowest BCUT2D eigenvalue weighted by Gasteiger charge is -2.12. The Morgan fingerprint density at radius 2 is 1.83 bits per heavy atom. The fourth-order valence-corrected chi connectivity index (χ4v) is 2.80. The number of rotatable bonds is 4. The first-order valence-corrected chi connectivity index (χ1v) is 8.42. The Hall–Kier alpha value is -1.69. The molecule has 126 valence electrons. The number of halogens is 3. The molecule has 8 heteroatoms. The van der Waals surface area contributed by atoms with Crippen LogP contribution in [-0.2, 0) is 7.05 Å². The van der Waals surface area contributed by atoms with E-state index >= 15 is 0 Å². The number of carbonyl (C=O) groups excluding carboxylic acids is 2. The van der Waals surface area contributed by atoms with Gasteiger partial charge in [0.25, 0.3) is 11.8 Å². The highest BCUT2D eigenvalue weighted by Gasteiger charge is 2.25. The Balaban J connectivity index is 1.87. The lowest BCUT2D eigenvalue weighted by Crippen LogP contribution is -2.27. The van der Waals surface area contributed by atoms with Crippen molar-refractivity contribution in [1.29, 1.82) is 0 Å². The first-order chi connectivity index (χ1) is 11.4. The van der Waals surface area contributed by atoms with E-state index in [1.54, 1.807) is 19.2 Å². The topological polar surface area (TPSA) is 63.1 Å². The Morgan fingerprint density at radius 3 is 2.42 bits per heavy atom. The predicted molar refractivity (Wildman–Crippen MR) is 95.3 cm³/mol. The van der Waals surface area contributed by atoms with Crippen LogP contribution in [0.4, 0.5) is 5.69 Å². The molecule has 2 aromatic rings. The van der Waals surface area contributed by atoms with Crippen molar-refractivity contribution in [3.05, 3.63) is 50.7 Å². The van der Waals surface area contributed by atoms with Crippen molar-refractivity contribution in [3.8, 4) is 0 Å². The number of aromatic nitrogens is 1. The number of hydrogen-bond acceptors (Lipinski definition) is 2. The Labute approximate surface area is 153 Å². The van der Waals surface area contributed by atoms with E-state index in [1.165, 1.54) is 16.7 Å². The second-order valence-corrected chi connectivity index (χ2v) is 6.82. The quantitative estimate of drug-likeness (QED) is 0.830. The monoisotopic (exact) mass is 385 g/mol. The normalized spacial score (nSPS) is 13.7. The first-order valence-electron chi connectivity index (χ1n) is 7.29. The van der Waals surface area contributed by atoms with E-state index in [1.807, 2.05) is 0 Å². The molecule has 2 N–H and O–H groups in total. The summed E-state index contributed by atoms with van der Waals surface area (Å²) in [4.78, 5) is 24.8. The van der Waals surface area contributed by atoms with Gasteiger partial charge in [0.15, 0.2) is 0 Å². The molecule has 1 saturated carbocycles. The van der Waals surface area contributed by atoms with Crippen molar-refractivity contribution < 1.29 is 9.59 Å². The summed E-state index contributed by atoms with van der Waals surface area (Å²) in [6.07, 6.45) is 1.93. The van der Waals surface area contributed by atoms with Gasteiger partial charge in [-0.3, -0.25) is 9.59 Å². The van der Waals surface area contributed by atoms with Crippen molar-refractivity contribution in [2.45, 2.75) is 18.9 Å². The molecule has 0 saturated heterocycles. The Morgan fingerprint density at radius 1 is 1.12 bits per heavy atom. The maximum absolute atomic E-state index is 12.5. The molecule has 1 aliphatic carbocycles. The van der Waals surface area contributed by atoms with Gasteiger partial charge in [-0.2, -0.15) is 0 Å². The molecule has 0 aliphatic heterocycles. The zero-order chi connectivity index (χ0) is 17.4. The van der Waals surface area contributed by atoms with E-state index in [0.717, 1.165) is 12.8 Å². The zero-order valence-electron chi connectivity index (χ0n) is 12.7. The maximum Gasteiger partial charge on any atom is 0.272 e. The van der Waals surface area contributed by atoms with Crippen LogP contribution in [0.15, 0.2) is 24.3 Å². The maximum atomic E-state index is 12.5. The minimum Gasteiger partial charge on any atom is -0.349 e. The smallest absolute Gasteiger partial charge is 0.272 e. The van der Waals surface area contributed by atoms with Crippen LogP contribution in [0.3, 0.4) is 0 Å². The molecule has 0 unspecified atom stereocenters. The lowest BCUT2D eigenvalue weighted by molar-refractivity contribution is 0.0952. The van der Waals surface area contributed by atoms with Gasteiger partial charge in [0.2, 0.25) is 0 Å². The molecule has 0 bridgehead atoms. The van der Waals surface area contributed by atoms with Crippen LogP contribution in [0.25, 0.3) is 0 Å². The van der Waals surface area contributed by atoms with E-state index < -0.39 is 5.91 Å². The standard InChI is InChI=1S/C16H14Cl3N3O2/c1-22-13(7-11(18)14(22)19)16(24)21-12-5-2-8(17)6-10(12)15(23)20-9-3-4-9/h2,5-7,9H,3-4H2,1H3,(H,20,23)(H,21,24). The number of carbonyl (C=O) groups is 2. The number of nitrogens with zero attached hydrogens (tertiary/aromatic N) is 1. The Bertz CT molecular complexity index is 828. The first kappa shape index (κ1) is 17.1. The Kier molecular flexibility index (Phi) is 4.76. The summed E-state index contributed by atoms with van der Waals surface area (Å²) >= 11 is 17.9. The molecule has 1 fully saturated rings. The molecule has 1 heterocycles. The molecule has 3 rings (SSSR count). The van der Waals surface area contributed by atoms with Crippen LogP contribution in [0.2, 0.25) is 15.2 Å². The van der Waals surface area contributed by atoms with Crippen molar-refractivity contribution in [2.24, 2.45) is 7.05 Å². The van der Waals surface area contributed by atoms with Gasteiger partial charge in [-0.1, -0.05) is 34.8 Å². The second-order valence-electron chi connectivity index (χ2n) is 5.62. The predicted octanol–water partition coefficient (Wildman–Crippen LogP) is 4.13. The van der Waals surface area contributed by atoms with Gasteiger partial charge < -0.3 is 15.2 Å². The molecule has 1 aliphatic rings. The summed E-state index contributed by atoms with van der Waals surface area (Å²) in [7, 11) is 1.63.